The third-order valence-corrected chi connectivity index (χ3v) is 4.99. The van der Waals surface area contributed by atoms with E-state index in [0.29, 0.717) is 12.1 Å². The number of benzene rings is 1. The van der Waals surface area contributed by atoms with Crippen molar-refractivity contribution in [1.82, 2.24) is 14.6 Å². The van der Waals surface area contributed by atoms with E-state index in [9.17, 15) is 14.4 Å². The number of aromatic nitrogens is 3. The fraction of sp³-hybridized carbons (Fsp3) is 0.188. The van der Waals surface area contributed by atoms with E-state index in [1.165, 1.54) is 16.3 Å². The van der Waals surface area contributed by atoms with Gasteiger partial charge in [0.25, 0.3) is 17.4 Å². The van der Waals surface area contributed by atoms with E-state index >= 15 is 0 Å². The first-order chi connectivity index (χ1) is 11.5. The van der Waals surface area contributed by atoms with Crippen LogP contribution in [0.15, 0.2) is 29.1 Å². The molecule has 2 aromatic heterocycles. The third-order valence-electron chi connectivity index (χ3n) is 3.97. The highest BCUT2D eigenvalue weighted by atomic mass is 32.1. The molecule has 0 atom stereocenters. The molecule has 1 aliphatic heterocycles. The zero-order chi connectivity index (χ0) is 17.0. The Balaban J connectivity index is 1.94. The summed E-state index contributed by atoms with van der Waals surface area (Å²) in [5.41, 5.74) is 1.38. The molecule has 0 aliphatic carbocycles. The van der Waals surface area contributed by atoms with Crippen molar-refractivity contribution in [3.8, 4) is 0 Å². The van der Waals surface area contributed by atoms with E-state index < -0.39 is 17.4 Å². The minimum atomic E-state index is -0.456. The molecule has 0 unspecified atom stereocenters. The van der Waals surface area contributed by atoms with E-state index in [0.717, 1.165) is 16.9 Å². The predicted octanol–water partition coefficient (Wildman–Crippen LogP) is 1.82. The number of rotatable bonds is 2. The van der Waals surface area contributed by atoms with Gasteiger partial charge in [0.2, 0.25) is 4.96 Å². The van der Waals surface area contributed by atoms with Crippen molar-refractivity contribution in [3.63, 3.8) is 0 Å². The molecule has 2 amide bonds. The second-order valence-corrected chi connectivity index (χ2v) is 6.38. The number of imide groups is 1. The average Bonchev–Trinajstić information content (AvgIpc) is 3.04. The first-order valence-corrected chi connectivity index (χ1v) is 8.21. The van der Waals surface area contributed by atoms with E-state index in [1.807, 2.05) is 19.1 Å². The number of nitrogens with zero attached hydrogens (tertiary/aromatic N) is 4. The molecule has 0 saturated carbocycles. The summed E-state index contributed by atoms with van der Waals surface area (Å²) in [7, 11) is 0. The van der Waals surface area contributed by atoms with Crippen LogP contribution in [0.3, 0.4) is 0 Å². The average molecular weight is 340 g/mol. The smallest absolute Gasteiger partial charge is 0.267 e. The van der Waals surface area contributed by atoms with E-state index in [1.54, 1.807) is 12.1 Å². The van der Waals surface area contributed by atoms with Gasteiger partial charge in [-0.25, -0.2) is 4.90 Å². The van der Waals surface area contributed by atoms with Crippen molar-refractivity contribution in [2.24, 2.45) is 0 Å². The maximum Gasteiger partial charge on any atom is 0.295 e. The van der Waals surface area contributed by atoms with Gasteiger partial charge < -0.3 is 0 Å². The first-order valence-electron chi connectivity index (χ1n) is 7.40. The molecule has 0 saturated heterocycles. The lowest BCUT2D eigenvalue weighted by atomic mass is 10.1. The van der Waals surface area contributed by atoms with Gasteiger partial charge in [-0.1, -0.05) is 36.5 Å². The summed E-state index contributed by atoms with van der Waals surface area (Å²) >= 11 is 1.01. The molecule has 1 aromatic carbocycles. The van der Waals surface area contributed by atoms with Gasteiger partial charge in [0.1, 0.15) is 10.6 Å². The summed E-state index contributed by atoms with van der Waals surface area (Å²) in [5.74, 6) is -0.849. The van der Waals surface area contributed by atoms with Crippen LogP contribution < -0.4 is 10.5 Å². The number of hydrogen-bond donors (Lipinski definition) is 0. The maximum atomic E-state index is 12.9. The first kappa shape index (κ1) is 14.7. The molecule has 3 heterocycles. The van der Waals surface area contributed by atoms with Crippen molar-refractivity contribution in [3.05, 3.63) is 56.4 Å². The van der Waals surface area contributed by atoms with E-state index in [2.05, 4.69) is 10.1 Å². The SMILES string of the molecule is CCc1ccccc1N1C(=O)c2sc3nc(=O)c(C)nn3c2C1=O. The van der Waals surface area contributed by atoms with Crippen LogP contribution in [0.4, 0.5) is 5.69 Å². The number of carbonyl (C=O) groups excluding carboxylic acids is 2. The fourth-order valence-electron chi connectivity index (χ4n) is 2.78. The van der Waals surface area contributed by atoms with Crippen LogP contribution in [-0.2, 0) is 6.42 Å². The van der Waals surface area contributed by atoms with Gasteiger partial charge >= 0.3 is 0 Å². The number of fused-ring (bicyclic) bond motifs is 3. The third kappa shape index (κ3) is 1.86. The summed E-state index contributed by atoms with van der Waals surface area (Å²) in [6.07, 6.45) is 0.702. The van der Waals surface area contributed by atoms with Gasteiger partial charge in [0.05, 0.1) is 5.69 Å². The van der Waals surface area contributed by atoms with Crippen molar-refractivity contribution < 1.29 is 9.59 Å². The van der Waals surface area contributed by atoms with Gasteiger partial charge in [0, 0.05) is 0 Å². The summed E-state index contributed by atoms with van der Waals surface area (Å²) < 4.78 is 1.30. The summed E-state index contributed by atoms with van der Waals surface area (Å²) in [6.45, 7) is 3.49. The van der Waals surface area contributed by atoms with Gasteiger partial charge in [-0.3, -0.25) is 14.4 Å². The van der Waals surface area contributed by atoms with Crippen molar-refractivity contribution in [2.45, 2.75) is 20.3 Å². The maximum absolute atomic E-state index is 12.9. The topological polar surface area (TPSA) is 84.6 Å². The predicted molar refractivity (Wildman–Crippen MR) is 88.8 cm³/mol. The molecular formula is C16H12N4O3S. The van der Waals surface area contributed by atoms with Gasteiger partial charge in [0.15, 0.2) is 5.69 Å². The molecule has 24 heavy (non-hydrogen) atoms. The van der Waals surface area contributed by atoms with Crippen LogP contribution in [-0.4, -0.2) is 26.4 Å². The van der Waals surface area contributed by atoms with Crippen LogP contribution in [0.2, 0.25) is 0 Å². The number of hydrogen-bond acceptors (Lipinski definition) is 6. The molecule has 120 valence electrons. The molecule has 1 aliphatic rings. The number of anilines is 1. The Morgan fingerprint density at radius 2 is 1.88 bits per heavy atom. The van der Waals surface area contributed by atoms with Gasteiger partial charge in [-0.05, 0) is 25.0 Å². The second-order valence-electron chi connectivity index (χ2n) is 5.40. The minimum absolute atomic E-state index is 0.168. The molecule has 0 radical (unpaired) electrons. The normalized spacial score (nSPS) is 13.8. The Labute approximate surface area is 140 Å². The highest BCUT2D eigenvalue weighted by molar-refractivity contribution is 7.19. The van der Waals surface area contributed by atoms with Crippen LogP contribution in [0, 0.1) is 6.92 Å². The lowest BCUT2D eigenvalue weighted by Gasteiger charge is -2.17. The molecule has 0 N–H and O–H groups in total. The fourth-order valence-corrected chi connectivity index (χ4v) is 3.76. The number of amides is 2. The van der Waals surface area contributed by atoms with E-state index in [4.69, 9.17) is 0 Å². The molecular weight excluding hydrogens is 328 g/mol. The van der Waals surface area contributed by atoms with E-state index in [-0.39, 0.29) is 21.2 Å². The number of carbonyl (C=O) groups is 2. The lowest BCUT2D eigenvalue weighted by molar-refractivity contribution is 0.0924. The standard InChI is InChI=1S/C16H12N4O3S/c1-3-9-6-4-5-7-10(9)19-14(22)11-12(15(19)23)24-16-17-13(21)8(2)18-20(11)16/h4-7H,3H2,1-2H3. The molecule has 7 nitrogen and oxygen atoms in total. The molecule has 4 rings (SSSR count). The minimum Gasteiger partial charge on any atom is -0.267 e. The van der Waals surface area contributed by atoms with Crippen molar-refractivity contribution in [1.29, 1.82) is 0 Å². The van der Waals surface area contributed by atoms with Crippen molar-refractivity contribution >= 4 is 33.8 Å². The summed E-state index contributed by atoms with van der Waals surface area (Å²) in [4.78, 5) is 42.9. The zero-order valence-corrected chi connectivity index (χ0v) is 13.8. The highest BCUT2D eigenvalue weighted by Crippen LogP contribution is 2.34. The molecule has 0 bridgehead atoms. The van der Waals surface area contributed by atoms with Crippen LogP contribution in [0.1, 0.15) is 38.3 Å². The Hall–Kier alpha value is -2.87. The number of thiazole rings is 1. The number of para-hydroxylation sites is 1. The number of aryl methyl sites for hydroxylation is 2. The zero-order valence-electron chi connectivity index (χ0n) is 12.9. The molecule has 0 spiro atoms. The highest BCUT2D eigenvalue weighted by Gasteiger charge is 2.42. The van der Waals surface area contributed by atoms with Crippen molar-refractivity contribution in [2.75, 3.05) is 4.90 Å². The summed E-state index contributed by atoms with van der Waals surface area (Å²) in [5, 5.41) is 4.11. The Morgan fingerprint density at radius 1 is 1.12 bits per heavy atom. The monoisotopic (exact) mass is 340 g/mol. The largest absolute Gasteiger partial charge is 0.295 e. The Kier molecular flexibility index (Phi) is 3.10. The van der Waals surface area contributed by atoms with Gasteiger partial charge in [-0.15, -0.1) is 0 Å². The Bertz CT molecular complexity index is 1080. The Morgan fingerprint density at radius 3 is 2.62 bits per heavy atom. The van der Waals surface area contributed by atoms with Crippen LogP contribution in [0.5, 0.6) is 0 Å². The van der Waals surface area contributed by atoms with Crippen LogP contribution in [0.25, 0.3) is 4.96 Å². The quantitative estimate of drug-likeness (QED) is 0.664. The second kappa shape index (κ2) is 5.07. The molecule has 3 aromatic rings. The molecule has 8 heteroatoms. The summed E-state index contributed by atoms with van der Waals surface area (Å²) in [6, 6.07) is 7.31. The van der Waals surface area contributed by atoms with Crippen LogP contribution >= 0.6 is 11.3 Å². The molecule has 0 fully saturated rings. The lowest BCUT2D eigenvalue weighted by Crippen LogP contribution is -2.31. The van der Waals surface area contributed by atoms with Gasteiger partial charge in [-0.2, -0.15) is 14.6 Å².